The zero-order chi connectivity index (χ0) is 22.1. The van der Waals surface area contributed by atoms with Gasteiger partial charge in [0.05, 0.1) is 24.5 Å². The maximum Gasteiger partial charge on any atom is 0.273 e. The Morgan fingerprint density at radius 2 is 1.88 bits per heavy atom. The highest BCUT2D eigenvalue weighted by Crippen LogP contribution is 2.35. The predicted octanol–water partition coefficient (Wildman–Crippen LogP) is 4.45. The van der Waals surface area contributed by atoms with E-state index in [-0.39, 0.29) is 5.91 Å². The van der Waals surface area contributed by atoms with Crippen LogP contribution in [0.25, 0.3) is 17.0 Å². The third-order valence-electron chi connectivity index (χ3n) is 5.38. The number of aryl methyl sites for hydroxylation is 1. The number of nitrogens with zero attached hydrogens (tertiary/aromatic N) is 4. The van der Waals surface area contributed by atoms with Crippen LogP contribution in [-0.4, -0.2) is 45.5 Å². The Balaban J connectivity index is 1.28. The van der Waals surface area contributed by atoms with Gasteiger partial charge < -0.3 is 15.0 Å². The first-order valence-corrected chi connectivity index (χ1v) is 11.4. The number of thioether (sulfide) groups is 1. The van der Waals surface area contributed by atoms with E-state index in [1.54, 1.807) is 29.6 Å². The molecule has 32 heavy (non-hydrogen) atoms. The Hall–Kier alpha value is -3.52. The van der Waals surface area contributed by atoms with E-state index in [1.807, 2.05) is 55.5 Å². The Kier molecular flexibility index (Phi) is 5.45. The van der Waals surface area contributed by atoms with Gasteiger partial charge in [-0.25, -0.2) is 0 Å². The lowest BCUT2D eigenvalue weighted by atomic mass is 10.1. The minimum Gasteiger partial charge on any atom is -0.494 e. The smallest absolute Gasteiger partial charge is 0.273 e. The third-order valence-corrected chi connectivity index (χ3v) is 6.28. The second-order valence-electron chi connectivity index (χ2n) is 7.46. The Morgan fingerprint density at radius 1 is 1.12 bits per heavy atom. The molecule has 0 spiro atoms. The van der Waals surface area contributed by atoms with Crippen molar-refractivity contribution in [3.8, 4) is 17.0 Å². The number of carbonyl (C=O) groups is 1. The van der Waals surface area contributed by atoms with Gasteiger partial charge in [-0.15, -0.1) is 0 Å². The molecule has 2 aliphatic rings. The van der Waals surface area contributed by atoms with Crippen molar-refractivity contribution < 1.29 is 9.53 Å². The minimum atomic E-state index is -0.200. The fourth-order valence-corrected chi connectivity index (χ4v) is 4.74. The average molecular weight is 446 g/mol. The molecule has 0 radical (unpaired) electrons. The summed E-state index contributed by atoms with van der Waals surface area (Å²) in [6.45, 7) is 4.34. The van der Waals surface area contributed by atoms with E-state index in [4.69, 9.17) is 4.74 Å². The second-order valence-corrected chi connectivity index (χ2v) is 8.30. The molecular weight excluding hydrogens is 422 g/mol. The van der Waals surface area contributed by atoms with Gasteiger partial charge in [-0.05, 0) is 55.0 Å². The zero-order valence-electron chi connectivity index (χ0n) is 17.9. The maximum atomic E-state index is 12.9. The van der Waals surface area contributed by atoms with Crippen molar-refractivity contribution in [2.45, 2.75) is 6.92 Å². The van der Waals surface area contributed by atoms with Gasteiger partial charge >= 0.3 is 0 Å². The van der Waals surface area contributed by atoms with E-state index in [9.17, 15) is 4.79 Å². The van der Waals surface area contributed by atoms with Gasteiger partial charge in [0.25, 0.3) is 5.91 Å². The Labute approximate surface area is 190 Å². The molecule has 5 rings (SSSR count). The summed E-state index contributed by atoms with van der Waals surface area (Å²) in [6, 6.07) is 17.4. The highest BCUT2D eigenvalue weighted by Gasteiger charge is 2.27. The van der Waals surface area contributed by atoms with Gasteiger partial charge in [0, 0.05) is 30.3 Å². The monoisotopic (exact) mass is 445 g/mol. The van der Waals surface area contributed by atoms with Crippen LogP contribution in [0, 0.1) is 0 Å². The molecule has 1 aromatic heterocycles. The number of hydrogen-bond acceptors (Lipinski definition) is 6. The standard InChI is InChI=1S/C24H23N5O2S/c1-3-31-19-10-6-16(7-11-19)20-14-21(28(2)27-20)23(30)26-18-8-4-17(5-9-18)22-15-32-24-25-12-13-29(22)24/h4-11,14-15H,3,12-13H2,1-2H3,(H,26,30). The maximum absolute atomic E-state index is 12.9. The lowest BCUT2D eigenvalue weighted by Gasteiger charge is -2.16. The molecule has 1 N–H and O–H groups in total. The van der Waals surface area contributed by atoms with Crippen LogP contribution < -0.4 is 10.1 Å². The molecule has 0 saturated heterocycles. The number of ether oxygens (including phenoxy) is 1. The average Bonchev–Trinajstić information content (AvgIpc) is 3.51. The predicted molar refractivity (Wildman–Crippen MR) is 129 cm³/mol. The van der Waals surface area contributed by atoms with Gasteiger partial charge in [-0.2, -0.15) is 5.10 Å². The summed E-state index contributed by atoms with van der Waals surface area (Å²) in [5, 5.41) is 10.7. The van der Waals surface area contributed by atoms with E-state index >= 15 is 0 Å². The first kappa shape index (κ1) is 20.4. The van der Waals surface area contributed by atoms with Crippen LogP contribution in [-0.2, 0) is 7.05 Å². The summed E-state index contributed by atoms with van der Waals surface area (Å²) < 4.78 is 7.09. The fourth-order valence-electron chi connectivity index (χ4n) is 3.78. The van der Waals surface area contributed by atoms with Crippen LogP contribution in [0.2, 0.25) is 0 Å². The molecule has 2 aromatic carbocycles. The number of amidine groups is 1. The molecule has 2 aliphatic heterocycles. The van der Waals surface area contributed by atoms with Crippen LogP contribution in [0.15, 0.2) is 65.0 Å². The molecule has 0 atom stereocenters. The van der Waals surface area contributed by atoms with Crippen LogP contribution in [0.5, 0.6) is 5.75 Å². The number of aromatic nitrogens is 2. The number of amides is 1. The molecule has 3 heterocycles. The third kappa shape index (κ3) is 3.89. The lowest BCUT2D eigenvalue weighted by molar-refractivity contribution is 0.101. The molecule has 0 bridgehead atoms. The molecule has 3 aromatic rings. The zero-order valence-corrected chi connectivity index (χ0v) is 18.7. The van der Waals surface area contributed by atoms with Crippen LogP contribution in [0.1, 0.15) is 23.0 Å². The van der Waals surface area contributed by atoms with Crippen LogP contribution in [0.4, 0.5) is 5.69 Å². The van der Waals surface area contributed by atoms with E-state index in [2.05, 4.69) is 25.7 Å². The largest absolute Gasteiger partial charge is 0.494 e. The van der Waals surface area contributed by atoms with Gasteiger partial charge in [0.2, 0.25) is 0 Å². The summed E-state index contributed by atoms with van der Waals surface area (Å²) in [5.74, 6) is 0.614. The molecular formula is C24H23N5O2S. The summed E-state index contributed by atoms with van der Waals surface area (Å²) in [6.07, 6.45) is 0. The minimum absolute atomic E-state index is 0.200. The van der Waals surface area contributed by atoms with Gasteiger partial charge in [0.1, 0.15) is 11.4 Å². The molecule has 0 fully saturated rings. The fraction of sp³-hybridized carbons (Fsp3) is 0.208. The van der Waals surface area contributed by atoms with Gasteiger partial charge in [-0.1, -0.05) is 23.9 Å². The number of nitrogens with one attached hydrogen (secondary N) is 1. The topological polar surface area (TPSA) is 71.8 Å². The van der Waals surface area contributed by atoms with Crippen molar-refractivity contribution in [1.29, 1.82) is 0 Å². The molecule has 0 aliphatic carbocycles. The molecule has 8 heteroatoms. The molecule has 1 amide bonds. The number of anilines is 1. The van der Waals surface area contributed by atoms with Crippen molar-refractivity contribution in [1.82, 2.24) is 14.7 Å². The van der Waals surface area contributed by atoms with Crippen molar-refractivity contribution in [2.24, 2.45) is 12.0 Å². The number of rotatable bonds is 6. The quantitative estimate of drug-likeness (QED) is 0.607. The molecule has 0 unspecified atom stereocenters. The van der Waals surface area contributed by atoms with E-state index in [1.165, 1.54) is 0 Å². The highest BCUT2D eigenvalue weighted by molar-refractivity contribution is 8.16. The van der Waals surface area contributed by atoms with Crippen molar-refractivity contribution >= 4 is 34.2 Å². The van der Waals surface area contributed by atoms with Crippen molar-refractivity contribution in [3.05, 3.63) is 71.3 Å². The van der Waals surface area contributed by atoms with Gasteiger partial charge in [-0.3, -0.25) is 14.5 Å². The number of benzene rings is 2. The first-order chi connectivity index (χ1) is 15.6. The first-order valence-electron chi connectivity index (χ1n) is 10.5. The van der Waals surface area contributed by atoms with Gasteiger partial charge in [0.15, 0.2) is 5.17 Å². The summed E-state index contributed by atoms with van der Waals surface area (Å²) in [5.41, 5.74) is 5.18. The highest BCUT2D eigenvalue weighted by atomic mass is 32.2. The number of carbonyl (C=O) groups excluding carboxylic acids is 1. The summed E-state index contributed by atoms with van der Waals surface area (Å²) in [7, 11) is 1.77. The van der Waals surface area contributed by atoms with Crippen LogP contribution in [0.3, 0.4) is 0 Å². The number of hydrogen-bond donors (Lipinski definition) is 1. The van der Waals surface area contributed by atoms with E-state index in [0.29, 0.717) is 12.3 Å². The summed E-state index contributed by atoms with van der Waals surface area (Å²) in [4.78, 5) is 19.6. The lowest BCUT2D eigenvalue weighted by Crippen LogP contribution is -2.20. The normalized spacial score (nSPS) is 14.8. The molecule has 7 nitrogen and oxygen atoms in total. The number of aliphatic imine (C=N–C) groups is 1. The van der Waals surface area contributed by atoms with E-state index < -0.39 is 0 Å². The number of fused-ring (bicyclic) bond motifs is 1. The summed E-state index contributed by atoms with van der Waals surface area (Å²) >= 11 is 1.66. The second kappa shape index (κ2) is 8.55. The Morgan fingerprint density at radius 3 is 2.62 bits per heavy atom. The van der Waals surface area contributed by atoms with E-state index in [0.717, 1.165) is 52.2 Å². The van der Waals surface area contributed by atoms with Crippen molar-refractivity contribution in [3.63, 3.8) is 0 Å². The Bertz CT molecular complexity index is 1210. The SMILES string of the molecule is CCOc1ccc(-c2cc(C(=O)Nc3ccc(C4=CSC5=NCCN45)cc3)n(C)n2)cc1. The molecule has 162 valence electrons. The van der Waals surface area contributed by atoms with Crippen molar-refractivity contribution in [2.75, 3.05) is 25.0 Å². The molecule has 0 saturated carbocycles. The van der Waals surface area contributed by atoms with Crippen LogP contribution >= 0.6 is 11.8 Å².